The lowest BCUT2D eigenvalue weighted by Gasteiger charge is -2.16. The van der Waals surface area contributed by atoms with E-state index in [4.69, 9.17) is 28.9 Å². The summed E-state index contributed by atoms with van der Waals surface area (Å²) in [5, 5.41) is 21.5. The number of nitro benzene ring substituents is 1. The molecule has 1 saturated heterocycles. The number of thioether (sulfide) groups is 2. The highest BCUT2D eigenvalue weighted by Gasteiger charge is 2.34. The molecule has 0 aromatic heterocycles. The Kier molecular flexibility index (Phi) is 7.91. The molecule has 0 bridgehead atoms. The van der Waals surface area contributed by atoms with Gasteiger partial charge in [0.1, 0.15) is 0 Å². The van der Waals surface area contributed by atoms with Gasteiger partial charge in [-0.25, -0.2) is 0 Å². The van der Waals surface area contributed by atoms with Crippen LogP contribution in [0.3, 0.4) is 0 Å². The number of carbonyl (C=O) groups excluding carboxylic acids is 2. The normalized spacial score (nSPS) is 14.8. The Balaban J connectivity index is 1.81. The van der Waals surface area contributed by atoms with E-state index in [0.717, 1.165) is 34.1 Å². The molecule has 0 radical (unpaired) electrons. The van der Waals surface area contributed by atoms with Crippen LogP contribution in [0.1, 0.15) is 21.5 Å². The molecule has 1 aliphatic rings. The topological polar surface area (TPSA) is 113 Å². The summed E-state index contributed by atoms with van der Waals surface area (Å²) < 4.78 is 0.113. The minimum atomic E-state index is -0.589. The average molecular weight is 510 g/mol. The van der Waals surface area contributed by atoms with Gasteiger partial charge in [-0.15, -0.1) is 11.8 Å². The molecule has 166 valence electrons. The number of aryl methyl sites for hydroxylation is 1. The van der Waals surface area contributed by atoms with Gasteiger partial charge >= 0.3 is 0 Å². The molecule has 12 heteroatoms. The van der Waals surface area contributed by atoms with E-state index in [9.17, 15) is 19.7 Å². The first-order valence-electron chi connectivity index (χ1n) is 9.08. The average Bonchev–Trinajstić information content (AvgIpc) is 2.99. The Morgan fingerprint density at radius 3 is 2.78 bits per heavy atom. The third kappa shape index (κ3) is 5.48. The highest BCUT2D eigenvalue weighted by atomic mass is 35.5. The maximum atomic E-state index is 12.8. The van der Waals surface area contributed by atoms with E-state index >= 15 is 0 Å². The van der Waals surface area contributed by atoms with Crippen molar-refractivity contribution in [3.8, 4) is 0 Å². The summed E-state index contributed by atoms with van der Waals surface area (Å²) >= 11 is 13.5. The fraction of sp³-hybridized carbons (Fsp3) is 0.150. The molecule has 0 aliphatic carbocycles. The molecule has 2 amide bonds. The lowest BCUT2D eigenvalue weighted by atomic mass is 10.1. The molecule has 32 heavy (non-hydrogen) atoms. The predicted molar refractivity (Wildman–Crippen MR) is 130 cm³/mol. The molecule has 8 nitrogen and oxygen atoms in total. The molecule has 0 saturated carbocycles. The number of nitrogens with one attached hydrogen (secondary N) is 1. The van der Waals surface area contributed by atoms with E-state index < -0.39 is 16.7 Å². The third-order valence-electron chi connectivity index (χ3n) is 4.20. The Hall–Kier alpha value is -2.44. The molecule has 1 aliphatic heterocycles. The number of hydrogen-bond acceptors (Lipinski definition) is 8. The van der Waals surface area contributed by atoms with Crippen molar-refractivity contribution in [3.05, 3.63) is 73.1 Å². The molecule has 1 heterocycles. The van der Waals surface area contributed by atoms with Gasteiger partial charge in [0.05, 0.1) is 31.9 Å². The smallest absolute Gasteiger partial charge is 0.285 e. The summed E-state index contributed by atoms with van der Waals surface area (Å²) in [6.07, 6.45) is 1.47. The fourth-order valence-electron chi connectivity index (χ4n) is 2.73. The maximum absolute atomic E-state index is 12.8. The number of nitrogens with zero attached hydrogens (tertiary/aromatic N) is 2. The van der Waals surface area contributed by atoms with Gasteiger partial charge in [0.25, 0.3) is 17.5 Å². The summed E-state index contributed by atoms with van der Waals surface area (Å²) in [6, 6.07) is 9.44. The van der Waals surface area contributed by atoms with Crippen molar-refractivity contribution >= 4 is 75.2 Å². The molecular formula is C20H16ClN3O5S3. The lowest BCUT2D eigenvalue weighted by molar-refractivity contribution is -0.387. The van der Waals surface area contributed by atoms with Gasteiger partial charge in [-0.3, -0.25) is 25.1 Å². The van der Waals surface area contributed by atoms with Crippen LogP contribution in [0, 0.1) is 17.0 Å². The SMILES string of the molecule is Cc1ccc(C(=O)NN2C(=O)/C(=C/c3ccc(SCCO)c([N+](=O)[O-])c3)SC2=S)c(Cl)c1. The van der Waals surface area contributed by atoms with Crippen LogP contribution < -0.4 is 5.43 Å². The molecule has 2 N–H and O–H groups in total. The van der Waals surface area contributed by atoms with E-state index in [2.05, 4.69) is 5.43 Å². The second kappa shape index (κ2) is 10.5. The number of nitro groups is 1. The highest BCUT2D eigenvalue weighted by Crippen LogP contribution is 2.34. The Morgan fingerprint density at radius 2 is 2.12 bits per heavy atom. The van der Waals surface area contributed by atoms with E-state index in [1.165, 1.54) is 12.1 Å². The second-order valence-corrected chi connectivity index (χ2v) is 9.72. The number of aliphatic hydroxyl groups is 1. The van der Waals surface area contributed by atoms with Crippen LogP contribution in [0.2, 0.25) is 5.02 Å². The lowest BCUT2D eigenvalue weighted by Crippen LogP contribution is -2.44. The quantitative estimate of drug-likeness (QED) is 0.188. The van der Waals surface area contributed by atoms with Crippen LogP contribution in [-0.4, -0.2) is 43.5 Å². The molecule has 1 fully saturated rings. The Bertz CT molecular complexity index is 1160. The van der Waals surface area contributed by atoms with Crippen molar-refractivity contribution in [2.24, 2.45) is 0 Å². The van der Waals surface area contributed by atoms with Gasteiger partial charge in [-0.05, 0) is 54.5 Å². The number of hydrogen-bond donors (Lipinski definition) is 2. The van der Waals surface area contributed by atoms with Gasteiger partial charge < -0.3 is 5.11 Å². The standard InChI is InChI=1S/C20H16ClN3O5S3/c1-11-2-4-13(14(21)8-11)18(26)22-23-19(27)17(32-20(23)30)10-12-3-5-16(31-7-6-25)15(9-12)24(28)29/h2-5,8-10,25H,6-7H2,1H3,(H,22,26)/b17-10-. The van der Waals surface area contributed by atoms with Crippen LogP contribution in [0.15, 0.2) is 46.2 Å². The van der Waals surface area contributed by atoms with Gasteiger partial charge in [0.2, 0.25) is 0 Å². The summed E-state index contributed by atoms with van der Waals surface area (Å²) in [4.78, 5) is 36.8. The number of rotatable bonds is 7. The second-order valence-electron chi connectivity index (χ2n) is 6.50. The number of hydrazine groups is 1. The van der Waals surface area contributed by atoms with Crippen molar-refractivity contribution in [1.82, 2.24) is 10.4 Å². The molecule has 0 atom stereocenters. The van der Waals surface area contributed by atoms with E-state index in [1.807, 2.05) is 6.92 Å². The Labute approximate surface area is 202 Å². The number of amides is 2. The van der Waals surface area contributed by atoms with Crippen LogP contribution in [0.25, 0.3) is 6.08 Å². The van der Waals surface area contributed by atoms with E-state index in [0.29, 0.717) is 16.2 Å². The zero-order valence-electron chi connectivity index (χ0n) is 16.5. The first-order chi connectivity index (χ1) is 15.2. The number of halogens is 1. The van der Waals surface area contributed by atoms with Crippen LogP contribution in [0.5, 0.6) is 0 Å². The van der Waals surface area contributed by atoms with Crippen molar-refractivity contribution in [3.63, 3.8) is 0 Å². The summed E-state index contributed by atoms with van der Waals surface area (Å²) in [6.45, 7) is 1.73. The fourth-order valence-corrected chi connectivity index (χ4v) is 4.98. The van der Waals surface area contributed by atoms with Crippen LogP contribution in [0.4, 0.5) is 5.69 Å². The van der Waals surface area contributed by atoms with E-state index in [-0.39, 0.29) is 32.1 Å². The van der Waals surface area contributed by atoms with Gasteiger partial charge in [0, 0.05) is 11.8 Å². The number of carbonyl (C=O) groups is 2. The number of benzene rings is 2. The minimum Gasteiger partial charge on any atom is -0.396 e. The van der Waals surface area contributed by atoms with Crippen LogP contribution in [-0.2, 0) is 4.79 Å². The van der Waals surface area contributed by atoms with Crippen molar-refractivity contribution < 1.29 is 19.6 Å². The number of aliphatic hydroxyl groups excluding tert-OH is 1. The van der Waals surface area contributed by atoms with Crippen molar-refractivity contribution in [1.29, 1.82) is 0 Å². The van der Waals surface area contributed by atoms with Gasteiger partial charge in [-0.1, -0.05) is 35.5 Å². The highest BCUT2D eigenvalue weighted by molar-refractivity contribution is 8.26. The molecule has 2 aromatic rings. The van der Waals surface area contributed by atoms with Crippen LogP contribution >= 0.6 is 47.3 Å². The van der Waals surface area contributed by atoms with Gasteiger partial charge in [0.15, 0.2) is 4.32 Å². The van der Waals surface area contributed by atoms with Crippen molar-refractivity contribution in [2.45, 2.75) is 11.8 Å². The molecule has 0 spiro atoms. The predicted octanol–water partition coefficient (Wildman–Crippen LogP) is 4.19. The summed E-state index contributed by atoms with van der Waals surface area (Å²) in [5.74, 6) is -0.824. The monoisotopic (exact) mass is 509 g/mol. The Morgan fingerprint density at radius 1 is 1.38 bits per heavy atom. The first-order valence-corrected chi connectivity index (χ1v) is 11.7. The summed E-state index contributed by atoms with van der Waals surface area (Å²) in [7, 11) is 0. The third-order valence-corrected chi connectivity index (χ3v) is 6.86. The molecule has 2 aromatic carbocycles. The van der Waals surface area contributed by atoms with E-state index in [1.54, 1.807) is 30.3 Å². The molecular weight excluding hydrogens is 494 g/mol. The van der Waals surface area contributed by atoms with Gasteiger partial charge in [-0.2, -0.15) is 5.01 Å². The first kappa shape index (κ1) is 24.2. The maximum Gasteiger partial charge on any atom is 0.285 e. The van der Waals surface area contributed by atoms with Crippen molar-refractivity contribution in [2.75, 3.05) is 12.4 Å². The molecule has 0 unspecified atom stereocenters. The number of thiocarbonyl (C=S) groups is 1. The minimum absolute atomic E-state index is 0.106. The zero-order chi connectivity index (χ0) is 23.4. The summed E-state index contributed by atoms with van der Waals surface area (Å²) in [5.41, 5.74) is 3.83. The largest absolute Gasteiger partial charge is 0.396 e. The molecule has 3 rings (SSSR count). The zero-order valence-corrected chi connectivity index (χ0v) is 19.7.